The number of hydrogen-bond acceptors (Lipinski definition) is 4. The molecule has 0 aromatic heterocycles. The molecular weight excluding hydrogens is 154 g/mol. The van der Waals surface area contributed by atoms with E-state index in [0.717, 1.165) is 38.6 Å². The normalized spacial score (nSPS) is 8.58. The zero-order chi connectivity index (χ0) is 9.66. The van der Waals surface area contributed by atoms with Crippen LogP contribution in [0.15, 0.2) is 0 Å². The van der Waals surface area contributed by atoms with Crippen molar-refractivity contribution in [3.63, 3.8) is 0 Å². The van der Waals surface area contributed by atoms with Gasteiger partial charge in [-0.2, -0.15) is 0 Å². The molecule has 0 fully saturated rings. The van der Waals surface area contributed by atoms with Gasteiger partial charge in [-0.3, -0.25) is 0 Å². The van der Waals surface area contributed by atoms with Crippen LogP contribution >= 0.6 is 0 Å². The molecule has 4 heteroatoms. The molecule has 0 heterocycles. The van der Waals surface area contributed by atoms with E-state index < -0.39 is 0 Å². The molecule has 6 N–H and O–H groups in total. The second kappa shape index (κ2) is 16.9. The Labute approximate surface area is 74.5 Å². The molecule has 0 aliphatic carbocycles. The van der Waals surface area contributed by atoms with Gasteiger partial charge in [-0.05, 0) is 38.9 Å². The quantitative estimate of drug-likeness (QED) is 0.378. The summed E-state index contributed by atoms with van der Waals surface area (Å²) in [4.78, 5) is 9.51. The van der Waals surface area contributed by atoms with Gasteiger partial charge >= 0.3 is 0 Å². The summed E-state index contributed by atoms with van der Waals surface area (Å²) in [6.45, 7) is 2.17. The van der Waals surface area contributed by atoms with Crippen LogP contribution in [0.3, 0.4) is 0 Å². The monoisotopic (exact) mass is 175 g/mol. The molecule has 0 rings (SSSR count). The Morgan fingerprint density at radius 2 is 1.25 bits per heavy atom. The first-order chi connectivity index (χ1) is 5.83. The number of rotatable bonds is 6. The highest BCUT2D eigenvalue weighted by molar-refractivity contribution is 5.48. The molecule has 0 unspecified atom stereocenters. The zero-order valence-corrected chi connectivity index (χ0v) is 7.67. The Hall–Kier alpha value is -0.450. The highest BCUT2D eigenvalue weighted by Crippen LogP contribution is 1.77. The fraction of sp³-hybridized carbons (Fsp3) is 0.875. The fourth-order valence-electron chi connectivity index (χ4n) is 0.490. The molecule has 0 spiro atoms. The van der Waals surface area contributed by atoms with E-state index in [1.165, 1.54) is 0 Å². The van der Waals surface area contributed by atoms with E-state index in [4.69, 9.17) is 17.2 Å². The van der Waals surface area contributed by atoms with Gasteiger partial charge in [0.1, 0.15) is 6.29 Å². The van der Waals surface area contributed by atoms with Crippen LogP contribution in [0.4, 0.5) is 0 Å². The van der Waals surface area contributed by atoms with Crippen LogP contribution in [0.1, 0.15) is 25.7 Å². The van der Waals surface area contributed by atoms with E-state index in [1.807, 2.05) is 0 Å². The van der Waals surface area contributed by atoms with Gasteiger partial charge in [0.05, 0.1) is 0 Å². The van der Waals surface area contributed by atoms with Crippen LogP contribution in [-0.4, -0.2) is 25.9 Å². The summed E-state index contributed by atoms with van der Waals surface area (Å²) in [5.41, 5.74) is 15.4. The predicted molar refractivity (Wildman–Crippen MR) is 51.7 cm³/mol. The molecule has 12 heavy (non-hydrogen) atoms. The van der Waals surface area contributed by atoms with Crippen molar-refractivity contribution in [2.75, 3.05) is 19.6 Å². The third kappa shape index (κ3) is 22.7. The summed E-state index contributed by atoms with van der Waals surface area (Å²) in [5, 5.41) is 0. The Balaban J connectivity index is 0. The lowest BCUT2D eigenvalue weighted by Crippen LogP contribution is -2.03. The van der Waals surface area contributed by atoms with E-state index in [1.54, 1.807) is 0 Å². The van der Waals surface area contributed by atoms with Crippen LogP contribution in [-0.2, 0) is 4.79 Å². The number of hydrogen-bond donors (Lipinski definition) is 3. The number of aldehydes is 1. The number of unbranched alkanes of at least 4 members (excludes halogenated alkanes) is 2. The van der Waals surface area contributed by atoms with E-state index >= 15 is 0 Å². The van der Waals surface area contributed by atoms with Crippen LogP contribution in [0.5, 0.6) is 0 Å². The molecule has 0 amide bonds. The molecule has 0 aliphatic rings. The van der Waals surface area contributed by atoms with Crippen LogP contribution in [0.25, 0.3) is 0 Å². The second-order valence-electron chi connectivity index (χ2n) is 2.38. The van der Waals surface area contributed by atoms with E-state index in [-0.39, 0.29) is 0 Å². The first kappa shape index (κ1) is 14.1. The van der Waals surface area contributed by atoms with Gasteiger partial charge in [-0.25, -0.2) is 0 Å². The molecule has 0 aromatic rings. The lowest BCUT2D eigenvalue weighted by Gasteiger charge is -1.87. The summed E-state index contributed by atoms with van der Waals surface area (Å²) >= 11 is 0. The van der Waals surface area contributed by atoms with E-state index in [9.17, 15) is 4.79 Å². The second-order valence-corrected chi connectivity index (χ2v) is 2.38. The van der Waals surface area contributed by atoms with Gasteiger partial charge in [-0.15, -0.1) is 0 Å². The molecule has 0 bridgehead atoms. The molecule has 0 saturated heterocycles. The van der Waals surface area contributed by atoms with Gasteiger partial charge in [0.15, 0.2) is 0 Å². The predicted octanol–water partition coefficient (Wildman–Crippen LogP) is -0.392. The summed E-state index contributed by atoms with van der Waals surface area (Å²) in [6, 6.07) is 0. The van der Waals surface area contributed by atoms with E-state index in [2.05, 4.69) is 0 Å². The van der Waals surface area contributed by atoms with Crippen molar-refractivity contribution in [2.24, 2.45) is 17.2 Å². The van der Waals surface area contributed by atoms with Crippen molar-refractivity contribution < 1.29 is 4.79 Å². The molecule has 0 aliphatic heterocycles. The molecule has 0 atom stereocenters. The summed E-state index contributed by atoms with van der Waals surface area (Å²) in [6.07, 6.45) is 4.44. The molecule has 4 nitrogen and oxygen atoms in total. The van der Waals surface area contributed by atoms with Gasteiger partial charge in [0.2, 0.25) is 0 Å². The number of carbonyl (C=O) groups is 1. The summed E-state index contributed by atoms with van der Waals surface area (Å²) in [7, 11) is 0. The summed E-state index contributed by atoms with van der Waals surface area (Å²) in [5.74, 6) is 0. The van der Waals surface area contributed by atoms with Crippen molar-refractivity contribution in [2.45, 2.75) is 25.7 Å². The van der Waals surface area contributed by atoms with Gasteiger partial charge in [-0.1, -0.05) is 0 Å². The molecule has 0 saturated carbocycles. The minimum atomic E-state index is 0.608. The van der Waals surface area contributed by atoms with Crippen molar-refractivity contribution in [1.82, 2.24) is 0 Å². The summed E-state index contributed by atoms with van der Waals surface area (Å²) < 4.78 is 0. The highest BCUT2D eigenvalue weighted by Gasteiger charge is 1.75. The van der Waals surface area contributed by atoms with Crippen LogP contribution in [0.2, 0.25) is 0 Å². The molecule has 0 aromatic carbocycles. The van der Waals surface area contributed by atoms with Crippen molar-refractivity contribution >= 4 is 6.29 Å². The van der Waals surface area contributed by atoms with Crippen LogP contribution < -0.4 is 17.2 Å². The number of nitrogens with two attached hydrogens (primary N) is 3. The van der Waals surface area contributed by atoms with Crippen molar-refractivity contribution in [3.05, 3.63) is 0 Å². The maximum atomic E-state index is 9.51. The Morgan fingerprint density at radius 3 is 1.42 bits per heavy atom. The lowest BCUT2D eigenvalue weighted by atomic mass is 10.3. The average molecular weight is 175 g/mol. The van der Waals surface area contributed by atoms with Gasteiger partial charge in [0.25, 0.3) is 0 Å². The third-order valence-electron chi connectivity index (χ3n) is 1.18. The fourth-order valence-corrected chi connectivity index (χ4v) is 0.490. The standard InChI is InChI=1S/C4H12N2.C4H9NO/c2*5-3-1-2-4-6/h1-6H2;4H,1-3,5H2. The zero-order valence-electron chi connectivity index (χ0n) is 7.67. The smallest absolute Gasteiger partial charge is 0.120 e. The molecule has 74 valence electrons. The van der Waals surface area contributed by atoms with Gasteiger partial charge in [0, 0.05) is 6.42 Å². The minimum Gasteiger partial charge on any atom is -0.330 e. The SMILES string of the molecule is NCCCC=O.NCCCCN. The minimum absolute atomic E-state index is 0.608. The Kier molecular flexibility index (Phi) is 19.8. The Bertz CT molecular complexity index is 74.7. The maximum Gasteiger partial charge on any atom is 0.120 e. The maximum absolute atomic E-state index is 9.51. The number of carbonyl (C=O) groups excluding carboxylic acids is 1. The first-order valence-corrected chi connectivity index (χ1v) is 4.37. The van der Waals surface area contributed by atoms with E-state index in [0.29, 0.717) is 13.0 Å². The average Bonchev–Trinajstić information content (AvgIpc) is 2.12. The third-order valence-corrected chi connectivity index (χ3v) is 1.18. The van der Waals surface area contributed by atoms with Crippen LogP contribution in [0, 0.1) is 0 Å². The molecule has 0 radical (unpaired) electrons. The molecular formula is C8H21N3O. The van der Waals surface area contributed by atoms with Gasteiger partial charge < -0.3 is 22.0 Å². The Morgan fingerprint density at radius 1 is 0.833 bits per heavy atom. The lowest BCUT2D eigenvalue weighted by molar-refractivity contribution is -0.107. The largest absolute Gasteiger partial charge is 0.330 e. The topological polar surface area (TPSA) is 95.1 Å². The van der Waals surface area contributed by atoms with Crippen molar-refractivity contribution in [3.8, 4) is 0 Å². The first-order valence-electron chi connectivity index (χ1n) is 4.37. The van der Waals surface area contributed by atoms with Crippen molar-refractivity contribution in [1.29, 1.82) is 0 Å². The highest BCUT2D eigenvalue weighted by atomic mass is 16.1.